The van der Waals surface area contributed by atoms with Crippen LogP contribution in [-0.2, 0) is 5.54 Å². The van der Waals surface area contributed by atoms with Crippen molar-refractivity contribution < 1.29 is 0 Å². The summed E-state index contributed by atoms with van der Waals surface area (Å²) in [5, 5.41) is 0. The zero-order chi connectivity index (χ0) is 16.9. The number of nitrogens with zero attached hydrogens (tertiary/aromatic N) is 1. The third kappa shape index (κ3) is 2.99. The van der Waals surface area contributed by atoms with Gasteiger partial charge in [-0.25, -0.2) is 0 Å². The monoisotopic (exact) mass is 306 g/mol. The summed E-state index contributed by atoms with van der Waals surface area (Å²) in [6.45, 7) is 8.20. The summed E-state index contributed by atoms with van der Waals surface area (Å²) in [6, 6.07) is 16.6. The van der Waals surface area contributed by atoms with Crippen LogP contribution in [0, 0.1) is 0 Å². The first-order chi connectivity index (χ1) is 11.1. The molecule has 0 atom stereocenters. The highest BCUT2D eigenvalue weighted by Crippen LogP contribution is 2.46. The Morgan fingerprint density at radius 1 is 1.00 bits per heavy atom. The SMILES string of the molecule is C/C=C\N=C(C)C1(N)c2ccccc2-c2ccccc21.CCC. The predicted molar refractivity (Wildman–Crippen MR) is 101 cm³/mol. The highest BCUT2D eigenvalue weighted by Gasteiger charge is 2.41. The largest absolute Gasteiger partial charge is 0.313 e. The van der Waals surface area contributed by atoms with E-state index in [0.717, 1.165) is 16.8 Å². The first-order valence-corrected chi connectivity index (χ1v) is 8.25. The van der Waals surface area contributed by atoms with E-state index in [4.69, 9.17) is 5.73 Å². The van der Waals surface area contributed by atoms with Crippen molar-refractivity contribution in [1.82, 2.24) is 0 Å². The molecule has 3 rings (SSSR count). The summed E-state index contributed by atoms with van der Waals surface area (Å²) in [4.78, 5) is 4.51. The van der Waals surface area contributed by atoms with E-state index in [1.165, 1.54) is 17.5 Å². The molecule has 0 fully saturated rings. The zero-order valence-electron chi connectivity index (χ0n) is 14.5. The fourth-order valence-electron chi connectivity index (χ4n) is 2.95. The minimum atomic E-state index is -0.632. The lowest BCUT2D eigenvalue weighted by atomic mass is 9.84. The number of benzene rings is 2. The number of hydrogen-bond acceptors (Lipinski definition) is 2. The van der Waals surface area contributed by atoms with Crippen molar-refractivity contribution in [2.24, 2.45) is 10.7 Å². The smallest absolute Gasteiger partial charge is 0.106 e. The van der Waals surface area contributed by atoms with Crippen LogP contribution in [0.15, 0.2) is 65.8 Å². The minimum absolute atomic E-state index is 0.632. The second kappa shape index (κ2) is 7.38. The maximum atomic E-state index is 6.80. The molecule has 0 heterocycles. The Morgan fingerprint density at radius 3 is 1.87 bits per heavy atom. The normalized spacial score (nSPS) is 14.9. The van der Waals surface area contributed by atoms with Crippen molar-refractivity contribution in [2.45, 2.75) is 39.7 Å². The number of rotatable bonds is 2. The average Bonchev–Trinajstić information content (AvgIpc) is 2.85. The lowest BCUT2D eigenvalue weighted by Gasteiger charge is -2.27. The Hall–Kier alpha value is -2.19. The van der Waals surface area contributed by atoms with Crippen LogP contribution in [0.2, 0.25) is 0 Å². The minimum Gasteiger partial charge on any atom is -0.313 e. The van der Waals surface area contributed by atoms with E-state index < -0.39 is 5.54 Å². The van der Waals surface area contributed by atoms with Crippen LogP contribution in [0.3, 0.4) is 0 Å². The molecule has 1 aliphatic carbocycles. The van der Waals surface area contributed by atoms with Crippen molar-refractivity contribution in [3.63, 3.8) is 0 Å². The van der Waals surface area contributed by atoms with Crippen LogP contribution in [0.5, 0.6) is 0 Å². The van der Waals surface area contributed by atoms with Gasteiger partial charge in [-0.3, -0.25) is 4.99 Å². The third-order valence-electron chi connectivity index (χ3n) is 3.98. The van der Waals surface area contributed by atoms with Crippen LogP contribution in [-0.4, -0.2) is 5.71 Å². The van der Waals surface area contributed by atoms with Gasteiger partial charge in [0.05, 0.1) is 0 Å². The Morgan fingerprint density at radius 2 is 1.43 bits per heavy atom. The number of fused-ring (bicyclic) bond motifs is 3. The van der Waals surface area contributed by atoms with Gasteiger partial charge in [-0.15, -0.1) is 0 Å². The van der Waals surface area contributed by atoms with Crippen LogP contribution >= 0.6 is 0 Å². The maximum Gasteiger partial charge on any atom is 0.106 e. The molecular formula is C21H26N2. The van der Waals surface area contributed by atoms with E-state index in [1.807, 2.05) is 32.1 Å². The predicted octanol–water partition coefficient (Wildman–Crippen LogP) is 5.28. The molecule has 0 aromatic heterocycles. The Labute approximate surface area is 139 Å². The van der Waals surface area contributed by atoms with Crippen LogP contribution in [0.25, 0.3) is 11.1 Å². The molecule has 23 heavy (non-hydrogen) atoms. The van der Waals surface area contributed by atoms with Gasteiger partial charge < -0.3 is 5.73 Å². The van der Waals surface area contributed by atoms with Crippen molar-refractivity contribution in [3.8, 4) is 11.1 Å². The van der Waals surface area contributed by atoms with Gasteiger partial charge in [0.2, 0.25) is 0 Å². The van der Waals surface area contributed by atoms with E-state index in [9.17, 15) is 0 Å². The Kier molecular flexibility index (Phi) is 5.51. The van der Waals surface area contributed by atoms with E-state index in [0.29, 0.717) is 0 Å². The second-order valence-electron chi connectivity index (χ2n) is 5.80. The van der Waals surface area contributed by atoms with Crippen molar-refractivity contribution in [1.29, 1.82) is 0 Å². The van der Waals surface area contributed by atoms with E-state index in [-0.39, 0.29) is 0 Å². The number of hydrogen-bond donors (Lipinski definition) is 1. The standard InChI is InChI=1S/C18H18N2.C3H8/c1-3-12-20-13(2)18(19)16-10-6-4-8-14(16)15-9-5-7-11-17(15)18;1-3-2/h3-12H,19H2,1-2H3;3H2,1-2H3/b12-3-,20-13?;. The average molecular weight is 306 g/mol. The highest BCUT2D eigenvalue weighted by atomic mass is 14.9. The summed E-state index contributed by atoms with van der Waals surface area (Å²) < 4.78 is 0. The maximum absolute atomic E-state index is 6.80. The molecule has 0 bridgehead atoms. The van der Waals surface area contributed by atoms with E-state index in [1.54, 1.807) is 6.20 Å². The Balaban J connectivity index is 0.000000595. The van der Waals surface area contributed by atoms with Crippen molar-refractivity contribution in [3.05, 3.63) is 71.9 Å². The first-order valence-electron chi connectivity index (χ1n) is 8.25. The van der Waals surface area contributed by atoms with Gasteiger partial charge in [0.15, 0.2) is 0 Å². The molecule has 2 heteroatoms. The summed E-state index contributed by atoms with van der Waals surface area (Å²) in [7, 11) is 0. The van der Waals surface area contributed by atoms with Crippen molar-refractivity contribution in [2.75, 3.05) is 0 Å². The fourth-order valence-corrected chi connectivity index (χ4v) is 2.95. The molecule has 0 spiro atoms. The molecule has 120 valence electrons. The number of nitrogens with two attached hydrogens (primary N) is 1. The molecule has 0 radical (unpaired) electrons. The molecule has 0 unspecified atom stereocenters. The molecule has 0 amide bonds. The van der Waals surface area contributed by atoms with Gasteiger partial charge in [0.1, 0.15) is 5.54 Å². The summed E-state index contributed by atoms with van der Waals surface area (Å²) in [5.41, 5.74) is 11.8. The topological polar surface area (TPSA) is 38.4 Å². The molecule has 0 saturated heterocycles. The number of aliphatic imine (C=N–C) groups is 1. The molecule has 2 N–H and O–H groups in total. The molecule has 2 nitrogen and oxygen atoms in total. The molecule has 1 aliphatic rings. The molecule has 2 aromatic carbocycles. The first kappa shape index (κ1) is 17.2. The highest BCUT2D eigenvalue weighted by molar-refractivity contribution is 6.03. The molecule has 2 aromatic rings. The summed E-state index contributed by atoms with van der Waals surface area (Å²) in [6.07, 6.45) is 4.97. The molecule has 0 saturated carbocycles. The molecule has 0 aliphatic heterocycles. The van der Waals surface area contributed by atoms with Gasteiger partial charge in [-0.2, -0.15) is 0 Å². The summed E-state index contributed by atoms with van der Waals surface area (Å²) in [5.74, 6) is 0. The lowest BCUT2D eigenvalue weighted by molar-refractivity contribution is 0.746. The number of allylic oxidation sites excluding steroid dienone is 1. The van der Waals surface area contributed by atoms with Crippen LogP contribution in [0.1, 0.15) is 45.2 Å². The quantitative estimate of drug-likeness (QED) is 0.753. The second-order valence-corrected chi connectivity index (χ2v) is 5.80. The fraction of sp³-hybridized carbons (Fsp3) is 0.286. The van der Waals surface area contributed by atoms with Gasteiger partial charge >= 0.3 is 0 Å². The van der Waals surface area contributed by atoms with Gasteiger partial charge in [0.25, 0.3) is 0 Å². The van der Waals surface area contributed by atoms with Gasteiger partial charge in [-0.1, -0.05) is 74.9 Å². The van der Waals surface area contributed by atoms with Crippen molar-refractivity contribution >= 4 is 5.71 Å². The Bertz CT molecular complexity index is 681. The van der Waals surface area contributed by atoms with E-state index in [2.05, 4.69) is 55.2 Å². The van der Waals surface area contributed by atoms with E-state index >= 15 is 0 Å². The molecular weight excluding hydrogens is 280 g/mol. The van der Waals surface area contributed by atoms with Crippen LogP contribution < -0.4 is 5.73 Å². The zero-order valence-corrected chi connectivity index (χ0v) is 14.5. The summed E-state index contributed by atoms with van der Waals surface area (Å²) >= 11 is 0. The van der Waals surface area contributed by atoms with Crippen LogP contribution in [0.4, 0.5) is 0 Å². The van der Waals surface area contributed by atoms with Gasteiger partial charge in [0, 0.05) is 11.9 Å². The van der Waals surface area contributed by atoms with Gasteiger partial charge in [-0.05, 0) is 36.1 Å². The lowest BCUT2D eigenvalue weighted by Crippen LogP contribution is -2.43. The third-order valence-corrected chi connectivity index (χ3v) is 3.98.